The van der Waals surface area contributed by atoms with Crippen molar-refractivity contribution in [2.75, 3.05) is 0 Å². The summed E-state index contributed by atoms with van der Waals surface area (Å²) in [7, 11) is 0. The van der Waals surface area contributed by atoms with Crippen LogP contribution >= 0.6 is 0 Å². The van der Waals surface area contributed by atoms with Crippen molar-refractivity contribution in [2.45, 2.75) is 57.5 Å². The van der Waals surface area contributed by atoms with E-state index in [1.54, 1.807) is 38.4 Å². The fourth-order valence-corrected chi connectivity index (χ4v) is 6.13. The number of halogens is 2. The van der Waals surface area contributed by atoms with Gasteiger partial charge in [-0.15, -0.1) is 5.10 Å². The number of benzene rings is 1. The van der Waals surface area contributed by atoms with E-state index < -0.39 is 22.7 Å². The fourth-order valence-electron chi connectivity index (χ4n) is 6.13. The number of rotatable bonds is 4. The molecule has 6 rings (SSSR count). The summed E-state index contributed by atoms with van der Waals surface area (Å²) in [6, 6.07) is 7.21. The van der Waals surface area contributed by atoms with Gasteiger partial charge in [0.25, 0.3) is 0 Å². The van der Waals surface area contributed by atoms with E-state index in [9.17, 15) is 13.9 Å². The molecule has 0 spiro atoms. The minimum absolute atomic E-state index is 0.120. The highest BCUT2D eigenvalue weighted by atomic mass is 19.1. The largest absolute Gasteiger partial charge is 0.384 e. The third-order valence-corrected chi connectivity index (χ3v) is 8.06. The zero-order chi connectivity index (χ0) is 25.5. The van der Waals surface area contributed by atoms with Crippen LogP contribution in [0.2, 0.25) is 0 Å². The van der Waals surface area contributed by atoms with Gasteiger partial charge in [-0.3, -0.25) is 4.98 Å². The zero-order valence-corrected chi connectivity index (χ0v) is 20.4. The number of aliphatic hydroxyl groups is 1. The molecule has 3 aromatic heterocycles. The van der Waals surface area contributed by atoms with Gasteiger partial charge in [0.1, 0.15) is 28.6 Å². The number of hydrogen-bond donors (Lipinski definition) is 1. The summed E-state index contributed by atoms with van der Waals surface area (Å²) in [5, 5.41) is 23.1. The van der Waals surface area contributed by atoms with Crippen molar-refractivity contribution in [3.05, 3.63) is 77.0 Å². The molecule has 0 amide bonds. The summed E-state index contributed by atoms with van der Waals surface area (Å²) in [5.74, 6) is -0.816. The second-order valence-electron chi connectivity index (χ2n) is 10.8. The smallest absolute Gasteiger partial charge is 0.187 e. The Hall–Kier alpha value is -3.59. The third kappa shape index (κ3) is 3.01. The van der Waals surface area contributed by atoms with Crippen LogP contribution in [0.5, 0.6) is 0 Å². The SMILES string of the molecule is CC(C)(O)c1cc(-c2cncc([C@@]34CC[C@@H](c5cc(-c6c(F)cccc6F)nnc53)C4(C)C)n2)on1. The molecule has 2 bridgehead atoms. The van der Waals surface area contributed by atoms with E-state index in [0.717, 1.165) is 29.8 Å². The van der Waals surface area contributed by atoms with Crippen LogP contribution in [0.25, 0.3) is 22.7 Å². The summed E-state index contributed by atoms with van der Waals surface area (Å²) in [5.41, 5.74) is 1.33. The first kappa shape index (κ1) is 22.8. The Morgan fingerprint density at radius 1 is 1.06 bits per heavy atom. The second kappa shape index (κ2) is 7.46. The lowest BCUT2D eigenvalue weighted by molar-refractivity contribution is 0.0701. The molecule has 2 aliphatic carbocycles. The van der Waals surface area contributed by atoms with Crippen molar-refractivity contribution < 1.29 is 18.4 Å². The van der Waals surface area contributed by atoms with Crippen molar-refractivity contribution in [3.63, 3.8) is 0 Å². The molecular formula is C27H25F2N5O2. The standard InChI is InChI=1S/C27H25F2N5O2/c1-25(2)15-8-9-27(25,22-13-30-12-19(31-22)20-11-21(34-36-20)26(3,4)35)24-14(15)10-18(32-33-24)23-16(28)6-5-7-17(23)29/h5-7,10-13,15,35H,8-9H2,1-4H3/t15-,27-/m0/s1. The molecule has 0 radical (unpaired) electrons. The van der Waals surface area contributed by atoms with Gasteiger partial charge >= 0.3 is 0 Å². The summed E-state index contributed by atoms with van der Waals surface area (Å²) < 4.78 is 34.5. The summed E-state index contributed by atoms with van der Waals surface area (Å²) >= 11 is 0. The molecule has 184 valence electrons. The van der Waals surface area contributed by atoms with Crippen LogP contribution in [0.4, 0.5) is 8.78 Å². The summed E-state index contributed by atoms with van der Waals surface area (Å²) in [6.45, 7) is 7.61. The van der Waals surface area contributed by atoms with Crippen LogP contribution in [0, 0.1) is 17.0 Å². The Labute approximate surface area is 206 Å². The predicted molar refractivity (Wildman–Crippen MR) is 127 cm³/mol. The molecule has 0 aliphatic heterocycles. The average molecular weight is 490 g/mol. The van der Waals surface area contributed by atoms with E-state index in [1.807, 2.05) is 0 Å². The summed E-state index contributed by atoms with van der Waals surface area (Å²) in [4.78, 5) is 9.38. The Morgan fingerprint density at radius 3 is 2.50 bits per heavy atom. The second-order valence-corrected chi connectivity index (χ2v) is 10.8. The first-order valence-corrected chi connectivity index (χ1v) is 11.9. The number of nitrogens with zero attached hydrogens (tertiary/aromatic N) is 5. The van der Waals surface area contributed by atoms with Crippen molar-refractivity contribution in [1.29, 1.82) is 0 Å². The molecule has 3 heterocycles. The molecule has 0 unspecified atom stereocenters. The van der Waals surface area contributed by atoms with E-state index >= 15 is 0 Å². The summed E-state index contributed by atoms with van der Waals surface area (Å²) in [6.07, 6.45) is 5.01. The molecule has 2 aliphatic rings. The predicted octanol–water partition coefficient (Wildman–Crippen LogP) is 5.30. The minimum atomic E-state index is -1.15. The topological polar surface area (TPSA) is 97.8 Å². The van der Waals surface area contributed by atoms with Crippen molar-refractivity contribution in [1.82, 2.24) is 25.3 Å². The first-order chi connectivity index (χ1) is 17.0. The van der Waals surface area contributed by atoms with Crippen LogP contribution in [0.15, 0.2) is 47.2 Å². The van der Waals surface area contributed by atoms with Gasteiger partial charge in [0.2, 0.25) is 0 Å². The Morgan fingerprint density at radius 2 is 1.81 bits per heavy atom. The first-order valence-electron chi connectivity index (χ1n) is 11.9. The van der Waals surface area contributed by atoms with Crippen molar-refractivity contribution in [3.8, 4) is 22.7 Å². The van der Waals surface area contributed by atoms with Gasteiger partial charge in [0.15, 0.2) is 5.76 Å². The normalized spacial score (nSPS) is 22.1. The lowest BCUT2D eigenvalue weighted by atomic mass is 9.66. The van der Waals surface area contributed by atoms with E-state index in [-0.39, 0.29) is 22.6 Å². The third-order valence-electron chi connectivity index (χ3n) is 8.06. The molecule has 2 atom stereocenters. The lowest BCUT2D eigenvalue weighted by Gasteiger charge is -2.37. The quantitative estimate of drug-likeness (QED) is 0.416. The maximum absolute atomic E-state index is 14.5. The van der Waals surface area contributed by atoms with Crippen LogP contribution in [0.3, 0.4) is 0 Å². The molecule has 1 fully saturated rings. The van der Waals surface area contributed by atoms with Crippen LogP contribution < -0.4 is 0 Å². The number of aromatic nitrogens is 5. The van der Waals surface area contributed by atoms with Crippen molar-refractivity contribution in [2.24, 2.45) is 5.41 Å². The molecule has 1 N–H and O–H groups in total. The van der Waals surface area contributed by atoms with Gasteiger partial charge < -0.3 is 9.63 Å². The van der Waals surface area contributed by atoms with E-state index in [1.165, 1.54) is 18.2 Å². The molecule has 0 saturated heterocycles. The van der Waals surface area contributed by atoms with Crippen molar-refractivity contribution >= 4 is 0 Å². The highest BCUT2D eigenvalue weighted by molar-refractivity contribution is 5.64. The van der Waals surface area contributed by atoms with Crippen LogP contribution in [0.1, 0.15) is 69.1 Å². The molecule has 1 aromatic carbocycles. The van der Waals surface area contributed by atoms with Gasteiger partial charge in [-0.25, -0.2) is 13.8 Å². The van der Waals surface area contributed by atoms with E-state index in [2.05, 4.69) is 34.2 Å². The highest BCUT2D eigenvalue weighted by Gasteiger charge is 2.65. The van der Waals surface area contributed by atoms with Gasteiger partial charge in [-0.1, -0.05) is 25.1 Å². The maximum atomic E-state index is 14.5. The maximum Gasteiger partial charge on any atom is 0.187 e. The van der Waals surface area contributed by atoms with E-state index in [0.29, 0.717) is 17.1 Å². The molecule has 4 aromatic rings. The monoisotopic (exact) mass is 489 g/mol. The van der Waals surface area contributed by atoms with Crippen LogP contribution in [-0.4, -0.2) is 30.4 Å². The van der Waals surface area contributed by atoms with Gasteiger partial charge in [0.05, 0.1) is 34.3 Å². The molecule has 1 saturated carbocycles. The van der Waals surface area contributed by atoms with Gasteiger partial charge in [-0.05, 0) is 61.8 Å². The number of hydrogen-bond acceptors (Lipinski definition) is 7. The Balaban J connectivity index is 1.48. The van der Waals surface area contributed by atoms with E-state index in [4.69, 9.17) is 9.51 Å². The van der Waals surface area contributed by atoms with Gasteiger partial charge in [0, 0.05) is 12.3 Å². The molecule has 9 heteroatoms. The molecule has 36 heavy (non-hydrogen) atoms. The van der Waals surface area contributed by atoms with Crippen LogP contribution in [-0.2, 0) is 11.0 Å². The zero-order valence-electron chi connectivity index (χ0n) is 20.4. The Bertz CT molecular complexity index is 1490. The number of fused-ring (bicyclic) bond motifs is 5. The molecular weight excluding hydrogens is 464 g/mol. The Kier molecular flexibility index (Phi) is 4.73. The lowest BCUT2D eigenvalue weighted by Crippen LogP contribution is -2.38. The highest BCUT2D eigenvalue weighted by Crippen LogP contribution is 2.69. The average Bonchev–Trinajstić information content (AvgIpc) is 3.48. The van der Waals surface area contributed by atoms with Gasteiger partial charge in [-0.2, -0.15) is 5.10 Å². The minimum Gasteiger partial charge on any atom is -0.384 e. The molecule has 7 nitrogen and oxygen atoms in total. The fraction of sp³-hybridized carbons (Fsp3) is 0.370.